The van der Waals surface area contributed by atoms with Crippen LogP contribution in [0.3, 0.4) is 0 Å². The number of furan rings is 2. The number of hydrogen-bond donors (Lipinski definition) is 0. The molecule has 14 rings (SSSR count). The molecule has 5 heterocycles. The van der Waals surface area contributed by atoms with E-state index >= 15 is 0 Å². The highest BCUT2D eigenvalue weighted by molar-refractivity contribution is 6.26. The number of benzene rings is 9. The van der Waals surface area contributed by atoms with Gasteiger partial charge in [0.1, 0.15) is 16.7 Å². The summed E-state index contributed by atoms with van der Waals surface area (Å²) in [6.45, 7) is 0. The number of aromatic nitrogens is 3. The Morgan fingerprint density at radius 1 is 0.333 bits per heavy atom. The monoisotopic (exact) mass is 803 g/mol. The molecule has 0 N–H and O–H groups in total. The molecule has 0 saturated heterocycles. The Balaban J connectivity index is 1.16. The smallest absolute Gasteiger partial charge is 0.231 e. The fraction of sp³-hybridized carbons (Fsp3) is 0. The Morgan fingerprint density at radius 3 is 1.86 bits per heavy atom. The highest BCUT2D eigenvalue weighted by Crippen LogP contribution is 2.42. The lowest BCUT2D eigenvalue weighted by molar-refractivity contribution is 0.655. The lowest BCUT2D eigenvalue weighted by Crippen LogP contribution is -1.94. The second-order valence-corrected chi connectivity index (χ2v) is 16.5. The first-order valence-electron chi connectivity index (χ1n) is 21.3. The summed E-state index contributed by atoms with van der Waals surface area (Å²) in [5, 5.41) is 12.6. The van der Waals surface area contributed by atoms with E-state index in [2.05, 4.69) is 199 Å². The summed E-state index contributed by atoms with van der Waals surface area (Å²) >= 11 is 0. The normalized spacial score (nSPS) is 12.1. The first-order valence-corrected chi connectivity index (χ1v) is 21.3. The Bertz CT molecular complexity index is 4260. The van der Waals surface area contributed by atoms with Crippen molar-refractivity contribution in [3.05, 3.63) is 200 Å². The van der Waals surface area contributed by atoms with Gasteiger partial charge in [-0.05, 0) is 111 Å². The summed E-state index contributed by atoms with van der Waals surface area (Å²) in [7, 11) is 0. The quantitative estimate of drug-likeness (QED) is 0.178. The maximum absolute atomic E-state index is 6.69. The zero-order valence-corrected chi connectivity index (χ0v) is 33.7. The van der Waals surface area contributed by atoms with Crippen LogP contribution in [0.5, 0.6) is 0 Å². The van der Waals surface area contributed by atoms with Crippen LogP contribution in [0.1, 0.15) is 0 Å². The third-order valence-corrected chi connectivity index (χ3v) is 13.0. The standard InChI is InChI=1S/C58H33N3O2/c1-3-11-34(12-4-1)36-15-8-18-42(30-36)61-48-26-23-38-31-45(48)53-43(19-9-21-49(53)61)40-16-7-17-41(29-40)57-59-56(44-20-10-22-52-54(44)46-33-39(38)25-27-50(46)62-52)55-47-32-37(35-13-5-2-6-14-35)24-28-51(47)63-58(55)60-57/h1-33H. The van der Waals surface area contributed by atoms with Gasteiger partial charge in [0.15, 0.2) is 5.65 Å². The van der Waals surface area contributed by atoms with Gasteiger partial charge in [-0.1, -0.05) is 133 Å². The van der Waals surface area contributed by atoms with E-state index in [1.165, 1.54) is 21.9 Å². The summed E-state index contributed by atoms with van der Waals surface area (Å²) in [6.07, 6.45) is 0. The molecule has 5 nitrogen and oxygen atoms in total. The molecule has 0 aliphatic rings. The number of fused-ring (bicyclic) bond motifs is 14. The van der Waals surface area contributed by atoms with Gasteiger partial charge >= 0.3 is 0 Å². The minimum Gasteiger partial charge on any atom is -0.456 e. The van der Waals surface area contributed by atoms with Crippen molar-refractivity contribution in [1.82, 2.24) is 14.5 Å². The van der Waals surface area contributed by atoms with Crippen molar-refractivity contribution in [1.29, 1.82) is 0 Å². The highest BCUT2D eigenvalue weighted by Gasteiger charge is 2.20. The number of rotatable bonds is 3. The molecule has 0 aliphatic heterocycles. The predicted molar refractivity (Wildman–Crippen MR) is 261 cm³/mol. The molecule has 292 valence electrons. The van der Waals surface area contributed by atoms with Crippen molar-refractivity contribution < 1.29 is 8.83 Å². The first-order chi connectivity index (χ1) is 31.2. The third-order valence-electron chi connectivity index (χ3n) is 13.0. The molecule has 63 heavy (non-hydrogen) atoms. The van der Waals surface area contributed by atoms with E-state index < -0.39 is 0 Å². The van der Waals surface area contributed by atoms with Crippen LogP contribution < -0.4 is 0 Å². The zero-order valence-electron chi connectivity index (χ0n) is 33.7. The zero-order chi connectivity index (χ0) is 41.2. The van der Waals surface area contributed by atoms with Crippen LogP contribution in [0.15, 0.2) is 209 Å². The van der Waals surface area contributed by atoms with Gasteiger partial charge in [-0.25, -0.2) is 4.98 Å². The summed E-state index contributed by atoms with van der Waals surface area (Å²) in [6, 6.07) is 71.3. The molecular weight excluding hydrogens is 771 g/mol. The molecule has 0 amide bonds. The predicted octanol–water partition coefficient (Wildman–Crippen LogP) is 15.9. The van der Waals surface area contributed by atoms with Crippen molar-refractivity contribution in [2.24, 2.45) is 0 Å². The lowest BCUT2D eigenvalue weighted by Gasteiger charge is -2.10. The van der Waals surface area contributed by atoms with E-state index in [0.717, 1.165) is 104 Å². The van der Waals surface area contributed by atoms with E-state index in [-0.39, 0.29) is 0 Å². The van der Waals surface area contributed by atoms with Gasteiger partial charge in [0.05, 0.1) is 21.9 Å². The minimum absolute atomic E-state index is 0.542. The maximum atomic E-state index is 6.69. The van der Waals surface area contributed by atoms with Crippen molar-refractivity contribution in [2.75, 3.05) is 0 Å². The Kier molecular flexibility index (Phi) is 7.05. The molecule has 0 radical (unpaired) electrons. The van der Waals surface area contributed by atoms with Crippen LogP contribution in [0.25, 0.3) is 137 Å². The van der Waals surface area contributed by atoms with Gasteiger partial charge in [-0.2, -0.15) is 4.98 Å². The number of nitrogens with zero attached hydrogens (tertiary/aromatic N) is 3. The van der Waals surface area contributed by atoms with Crippen molar-refractivity contribution >= 4 is 109 Å². The largest absolute Gasteiger partial charge is 0.456 e. The van der Waals surface area contributed by atoms with Gasteiger partial charge < -0.3 is 13.4 Å². The molecule has 0 spiro atoms. The van der Waals surface area contributed by atoms with Gasteiger partial charge in [-0.15, -0.1) is 0 Å². The van der Waals surface area contributed by atoms with Crippen molar-refractivity contribution in [2.45, 2.75) is 0 Å². The van der Waals surface area contributed by atoms with E-state index in [9.17, 15) is 0 Å². The fourth-order valence-electron chi connectivity index (χ4n) is 10.1. The lowest BCUT2D eigenvalue weighted by atomic mass is 10.0. The Hall–Kier alpha value is -8.54. The van der Waals surface area contributed by atoms with Crippen LogP contribution in [0, 0.1) is 0 Å². The van der Waals surface area contributed by atoms with Crippen LogP contribution >= 0.6 is 0 Å². The van der Waals surface area contributed by atoms with Gasteiger partial charge in [0, 0.05) is 43.4 Å². The van der Waals surface area contributed by atoms with Crippen molar-refractivity contribution in [3.8, 4) is 27.9 Å². The highest BCUT2D eigenvalue weighted by atomic mass is 16.3. The summed E-state index contributed by atoms with van der Waals surface area (Å²) < 4.78 is 15.7. The minimum atomic E-state index is 0.542. The van der Waals surface area contributed by atoms with E-state index in [1.54, 1.807) is 0 Å². The van der Waals surface area contributed by atoms with Gasteiger partial charge in [0.2, 0.25) is 5.71 Å². The Labute approximate surface area is 359 Å². The average molecular weight is 804 g/mol. The molecule has 0 aliphatic carbocycles. The molecule has 0 saturated carbocycles. The summed E-state index contributed by atoms with van der Waals surface area (Å²) in [4.78, 5) is 10.8. The van der Waals surface area contributed by atoms with Gasteiger partial charge in [-0.3, -0.25) is 0 Å². The molecular formula is C58H33N3O2. The molecule has 14 aromatic rings. The first kappa shape index (κ1) is 34.2. The summed E-state index contributed by atoms with van der Waals surface area (Å²) in [5.74, 6) is 0. The SMILES string of the molecule is c1ccc(-c2cccc(-n3c4ccc5cc4c4c(cccc43)c3cccc(c3)c3nc4oc6ccc(-c7ccccc7)cc6c4c(n3)c3cccc4oc6ccc5cc6c43)c2)cc1. The van der Waals surface area contributed by atoms with Crippen LogP contribution in [0.4, 0.5) is 0 Å². The van der Waals surface area contributed by atoms with Crippen LogP contribution in [-0.4, -0.2) is 14.5 Å². The van der Waals surface area contributed by atoms with Crippen molar-refractivity contribution in [3.63, 3.8) is 0 Å². The van der Waals surface area contributed by atoms with E-state index in [1.807, 2.05) is 6.07 Å². The van der Waals surface area contributed by atoms with E-state index in [0.29, 0.717) is 11.4 Å². The maximum Gasteiger partial charge on any atom is 0.231 e. The van der Waals surface area contributed by atoms with Crippen LogP contribution in [-0.2, 0) is 0 Å². The van der Waals surface area contributed by atoms with Crippen LogP contribution in [0.2, 0.25) is 0 Å². The molecule has 9 aromatic carbocycles. The molecule has 0 unspecified atom stereocenters. The average Bonchev–Trinajstić information content (AvgIpc) is 4.03. The molecule has 5 aromatic heterocycles. The summed E-state index contributed by atoms with van der Waals surface area (Å²) in [5.41, 5.74) is 12.3. The molecule has 5 heteroatoms. The fourth-order valence-corrected chi connectivity index (χ4v) is 10.1. The van der Waals surface area contributed by atoms with E-state index in [4.69, 9.17) is 18.8 Å². The number of hydrogen-bond acceptors (Lipinski definition) is 4. The second kappa shape index (κ2) is 13.0. The molecule has 0 atom stereocenters. The van der Waals surface area contributed by atoms with Gasteiger partial charge in [0.25, 0.3) is 0 Å². The molecule has 0 fully saturated rings. The second-order valence-electron chi connectivity index (χ2n) is 16.5. The molecule has 8 bridgehead atoms. The Morgan fingerprint density at radius 2 is 1.00 bits per heavy atom. The topological polar surface area (TPSA) is 57.0 Å². The third kappa shape index (κ3) is 5.11.